The largest absolute Gasteiger partial charge is 0.317 e. The van der Waals surface area contributed by atoms with Crippen LogP contribution in [0.1, 0.15) is 38.2 Å². The van der Waals surface area contributed by atoms with E-state index in [1.54, 1.807) is 0 Å². The van der Waals surface area contributed by atoms with Gasteiger partial charge in [-0.15, -0.1) is 0 Å². The van der Waals surface area contributed by atoms with E-state index >= 15 is 0 Å². The van der Waals surface area contributed by atoms with Crippen molar-refractivity contribution in [2.75, 3.05) is 13.1 Å². The molecular formula is C14H22ClN. The fourth-order valence-corrected chi connectivity index (χ4v) is 1.83. The topological polar surface area (TPSA) is 12.0 Å². The molecule has 90 valence electrons. The van der Waals surface area contributed by atoms with Crippen LogP contribution in [0.5, 0.6) is 0 Å². The zero-order valence-electron chi connectivity index (χ0n) is 10.1. The maximum absolute atomic E-state index is 5.84. The summed E-state index contributed by atoms with van der Waals surface area (Å²) in [6, 6.07) is 8.19. The summed E-state index contributed by atoms with van der Waals surface area (Å²) < 4.78 is 0. The van der Waals surface area contributed by atoms with Crippen molar-refractivity contribution in [1.29, 1.82) is 0 Å². The molecule has 0 aliphatic rings. The third-order valence-corrected chi connectivity index (χ3v) is 2.91. The first kappa shape index (κ1) is 13.5. The number of hydrogen-bond donors (Lipinski definition) is 1. The standard InChI is InChI=1S/C14H22ClN/c1-2-11-16-12-5-3-4-6-13-7-9-14(15)10-8-13/h7-10,16H,2-6,11-12H2,1H3. The summed E-state index contributed by atoms with van der Waals surface area (Å²) in [6.07, 6.45) is 6.26. The normalized spacial score (nSPS) is 10.6. The fraction of sp³-hybridized carbons (Fsp3) is 0.571. The Hall–Kier alpha value is -0.530. The van der Waals surface area contributed by atoms with Gasteiger partial charge in [-0.1, -0.05) is 37.1 Å². The van der Waals surface area contributed by atoms with E-state index in [4.69, 9.17) is 11.6 Å². The predicted octanol–water partition coefficient (Wildman–Crippen LogP) is 4.05. The lowest BCUT2D eigenvalue weighted by atomic mass is 10.1. The second-order valence-electron chi connectivity index (χ2n) is 4.19. The highest BCUT2D eigenvalue weighted by Gasteiger charge is 1.94. The van der Waals surface area contributed by atoms with E-state index in [0.717, 1.165) is 18.1 Å². The molecular weight excluding hydrogens is 218 g/mol. The summed E-state index contributed by atoms with van der Waals surface area (Å²) in [5, 5.41) is 4.25. The molecule has 1 N–H and O–H groups in total. The molecule has 0 amide bonds. The van der Waals surface area contributed by atoms with Crippen LogP contribution in [-0.2, 0) is 6.42 Å². The third-order valence-electron chi connectivity index (χ3n) is 2.66. The van der Waals surface area contributed by atoms with E-state index in [9.17, 15) is 0 Å². The lowest BCUT2D eigenvalue weighted by Crippen LogP contribution is -2.15. The van der Waals surface area contributed by atoms with Crippen molar-refractivity contribution in [2.24, 2.45) is 0 Å². The van der Waals surface area contributed by atoms with Crippen molar-refractivity contribution in [3.05, 3.63) is 34.9 Å². The lowest BCUT2D eigenvalue weighted by Gasteiger charge is -2.03. The molecule has 0 bridgehead atoms. The van der Waals surface area contributed by atoms with Gasteiger partial charge in [-0.2, -0.15) is 0 Å². The average Bonchev–Trinajstić information content (AvgIpc) is 2.30. The van der Waals surface area contributed by atoms with Crippen LogP contribution in [0, 0.1) is 0 Å². The van der Waals surface area contributed by atoms with Crippen LogP contribution in [0.15, 0.2) is 24.3 Å². The molecule has 0 aliphatic heterocycles. The molecule has 0 radical (unpaired) electrons. The smallest absolute Gasteiger partial charge is 0.0406 e. The van der Waals surface area contributed by atoms with Crippen LogP contribution >= 0.6 is 11.6 Å². The van der Waals surface area contributed by atoms with Crippen molar-refractivity contribution >= 4 is 11.6 Å². The zero-order chi connectivity index (χ0) is 11.6. The van der Waals surface area contributed by atoms with Gasteiger partial charge in [0, 0.05) is 5.02 Å². The Morgan fingerprint density at radius 1 is 1.00 bits per heavy atom. The third kappa shape index (κ3) is 6.14. The highest BCUT2D eigenvalue weighted by atomic mass is 35.5. The van der Waals surface area contributed by atoms with Gasteiger partial charge in [0.2, 0.25) is 0 Å². The van der Waals surface area contributed by atoms with Gasteiger partial charge < -0.3 is 5.32 Å². The van der Waals surface area contributed by atoms with Gasteiger partial charge >= 0.3 is 0 Å². The van der Waals surface area contributed by atoms with E-state index in [0.29, 0.717) is 0 Å². The Bertz CT molecular complexity index is 269. The molecule has 0 spiro atoms. The predicted molar refractivity (Wildman–Crippen MR) is 72.2 cm³/mol. The van der Waals surface area contributed by atoms with Gasteiger partial charge in [-0.25, -0.2) is 0 Å². The van der Waals surface area contributed by atoms with Crippen molar-refractivity contribution in [3.8, 4) is 0 Å². The quantitative estimate of drug-likeness (QED) is 0.675. The van der Waals surface area contributed by atoms with Crippen molar-refractivity contribution < 1.29 is 0 Å². The lowest BCUT2D eigenvalue weighted by molar-refractivity contribution is 0.599. The summed E-state index contributed by atoms with van der Waals surface area (Å²) in [6.45, 7) is 4.51. The molecule has 2 heteroatoms. The SMILES string of the molecule is CCCNCCCCCc1ccc(Cl)cc1. The molecule has 0 saturated heterocycles. The summed E-state index contributed by atoms with van der Waals surface area (Å²) >= 11 is 5.84. The molecule has 0 aliphatic carbocycles. The molecule has 1 aromatic rings. The molecule has 1 nitrogen and oxygen atoms in total. The van der Waals surface area contributed by atoms with Gasteiger partial charge in [0.15, 0.2) is 0 Å². The monoisotopic (exact) mass is 239 g/mol. The zero-order valence-corrected chi connectivity index (χ0v) is 10.9. The molecule has 0 unspecified atom stereocenters. The van der Waals surface area contributed by atoms with Crippen molar-refractivity contribution in [2.45, 2.75) is 39.0 Å². The Balaban J connectivity index is 2.01. The summed E-state index contributed by atoms with van der Waals surface area (Å²) in [5.74, 6) is 0. The van der Waals surface area contributed by atoms with E-state index in [2.05, 4.69) is 24.4 Å². The van der Waals surface area contributed by atoms with Gasteiger partial charge in [0.1, 0.15) is 0 Å². The molecule has 0 atom stereocenters. The van der Waals surface area contributed by atoms with Gasteiger partial charge in [0.25, 0.3) is 0 Å². The fourth-order valence-electron chi connectivity index (χ4n) is 1.71. The second kappa shape index (κ2) is 8.60. The molecule has 1 aromatic carbocycles. The first-order valence-corrected chi connectivity index (χ1v) is 6.66. The molecule has 0 saturated carbocycles. The Morgan fingerprint density at radius 2 is 1.75 bits per heavy atom. The van der Waals surface area contributed by atoms with Crippen molar-refractivity contribution in [1.82, 2.24) is 5.32 Å². The number of nitrogens with one attached hydrogen (secondary N) is 1. The first-order chi connectivity index (χ1) is 7.83. The molecule has 0 fully saturated rings. The number of aryl methyl sites for hydroxylation is 1. The minimum Gasteiger partial charge on any atom is -0.317 e. The first-order valence-electron chi connectivity index (χ1n) is 6.28. The molecule has 16 heavy (non-hydrogen) atoms. The van der Waals surface area contributed by atoms with Crippen LogP contribution in [-0.4, -0.2) is 13.1 Å². The van der Waals surface area contributed by atoms with E-state index in [1.165, 1.54) is 37.7 Å². The molecule has 1 rings (SSSR count). The van der Waals surface area contributed by atoms with Crippen LogP contribution < -0.4 is 5.32 Å². The number of benzene rings is 1. The maximum atomic E-state index is 5.84. The van der Waals surface area contributed by atoms with Gasteiger partial charge in [-0.3, -0.25) is 0 Å². The summed E-state index contributed by atoms with van der Waals surface area (Å²) in [7, 11) is 0. The minimum absolute atomic E-state index is 0.826. The van der Waals surface area contributed by atoms with Crippen molar-refractivity contribution in [3.63, 3.8) is 0 Å². The van der Waals surface area contributed by atoms with E-state index < -0.39 is 0 Å². The highest BCUT2D eigenvalue weighted by molar-refractivity contribution is 6.30. The highest BCUT2D eigenvalue weighted by Crippen LogP contribution is 2.11. The van der Waals surface area contributed by atoms with Gasteiger partial charge in [-0.05, 0) is 56.5 Å². The van der Waals surface area contributed by atoms with Gasteiger partial charge in [0.05, 0.1) is 0 Å². The Kier molecular flexibility index (Phi) is 7.28. The average molecular weight is 240 g/mol. The number of unbranched alkanes of at least 4 members (excludes halogenated alkanes) is 2. The van der Waals surface area contributed by atoms with E-state index in [1.807, 2.05) is 12.1 Å². The van der Waals surface area contributed by atoms with Crippen LogP contribution in [0.3, 0.4) is 0 Å². The number of halogens is 1. The number of hydrogen-bond acceptors (Lipinski definition) is 1. The Labute approximate surface area is 104 Å². The van der Waals surface area contributed by atoms with Crippen LogP contribution in [0.25, 0.3) is 0 Å². The number of rotatable bonds is 8. The van der Waals surface area contributed by atoms with Crippen LogP contribution in [0.2, 0.25) is 5.02 Å². The molecule has 0 aromatic heterocycles. The minimum atomic E-state index is 0.826. The Morgan fingerprint density at radius 3 is 2.44 bits per heavy atom. The summed E-state index contributed by atoms with van der Waals surface area (Å²) in [5.41, 5.74) is 1.39. The van der Waals surface area contributed by atoms with Crippen LogP contribution in [0.4, 0.5) is 0 Å². The molecule has 0 heterocycles. The van der Waals surface area contributed by atoms with E-state index in [-0.39, 0.29) is 0 Å². The maximum Gasteiger partial charge on any atom is 0.0406 e. The summed E-state index contributed by atoms with van der Waals surface area (Å²) in [4.78, 5) is 0. The second-order valence-corrected chi connectivity index (χ2v) is 4.62.